The molecule has 1 aromatic carbocycles. The highest BCUT2D eigenvalue weighted by molar-refractivity contribution is 6.34. The van der Waals surface area contributed by atoms with Crippen LogP contribution in [0.3, 0.4) is 0 Å². The predicted octanol–water partition coefficient (Wildman–Crippen LogP) is 4.99. The van der Waals surface area contributed by atoms with E-state index in [1.807, 2.05) is 37.3 Å². The molecule has 2 unspecified atom stereocenters. The van der Waals surface area contributed by atoms with Crippen LogP contribution in [0.4, 0.5) is 16.2 Å². The Morgan fingerprint density at radius 3 is 2.72 bits per heavy atom. The molecule has 0 bridgehead atoms. The highest BCUT2D eigenvalue weighted by Gasteiger charge is 2.43. The van der Waals surface area contributed by atoms with Crippen LogP contribution in [0.25, 0.3) is 0 Å². The van der Waals surface area contributed by atoms with Crippen molar-refractivity contribution in [2.45, 2.75) is 69.6 Å². The minimum absolute atomic E-state index is 0.0228. The summed E-state index contributed by atoms with van der Waals surface area (Å²) in [5.41, 5.74) is 2.15. The number of guanidine groups is 1. The number of nitrogens with zero attached hydrogens (tertiary/aromatic N) is 3. The minimum Gasteiger partial charge on any atom is -0.465 e. The lowest BCUT2D eigenvalue weighted by atomic mass is 9.86. The van der Waals surface area contributed by atoms with Crippen molar-refractivity contribution in [3.8, 4) is 0 Å². The maximum atomic E-state index is 13.5. The molecule has 5 rings (SSSR count). The second-order valence-corrected chi connectivity index (χ2v) is 10.4. The molecule has 2 fully saturated rings. The van der Waals surface area contributed by atoms with Crippen LogP contribution in [0.2, 0.25) is 5.02 Å². The van der Waals surface area contributed by atoms with Crippen LogP contribution in [-0.2, 0) is 15.1 Å². The Balaban J connectivity index is 1.45. The third-order valence-corrected chi connectivity index (χ3v) is 7.43. The lowest BCUT2D eigenvalue weighted by Gasteiger charge is -2.42. The number of hydrogen-bond acceptors (Lipinski definition) is 6. The van der Waals surface area contributed by atoms with Crippen LogP contribution in [0.5, 0.6) is 0 Å². The van der Waals surface area contributed by atoms with Gasteiger partial charge in [0.2, 0.25) is 11.9 Å². The lowest BCUT2D eigenvalue weighted by molar-refractivity contribution is -0.133. The molecule has 36 heavy (non-hydrogen) atoms. The van der Waals surface area contributed by atoms with Gasteiger partial charge in [0.25, 0.3) is 0 Å². The molecule has 3 atom stereocenters. The molecule has 3 heterocycles. The summed E-state index contributed by atoms with van der Waals surface area (Å²) in [6.45, 7) is 4.25. The summed E-state index contributed by atoms with van der Waals surface area (Å²) in [5, 5.41) is 15.6. The number of pyridine rings is 1. The number of halogens is 1. The maximum absolute atomic E-state index is 13.5. The number of nitrogens with one attached hydrogen (secondary N) is 2. The van der Waals surface area contributed by atoms with E-state index in [-0.39, 0.29) is 30.4 Å². The van der Waals surface area contributed by atoms with Crippen molar-refractivity contribution in [1.82, 2.24) is 15.2 Å². The molecule has 0 radical (unpaired) electrons. The van der Waals surface area contributed by atoms with Gasteiger partial charge in [0, 0.05) is 29.8 Å². The molecule has 1 aromatic heterocycles. The Labute approximate surface area is 214 Å². The number of aliphatic imine (C=N–C) groups is 1. The molecular weight excluding hydrogens is 482 g/mol. The van der Waals surface area contributed by atoms with Gasteiger partial charge in [-0.25, -0.2) is 9.79 Å². The molecule has 3 aliphatic rings. The number of amides is 2. The molecule has 3 N–H and O–H groups in total. The Morgan fingerprint density at radius 1 is 1.25 bits per heavy atom. The quantitative estimate of drug-likeness (QED) is 0.520. The van der Waals surface area contributed by atoms with Crippen molar-refractivity contribution in [1.29, 1.82) is 0 Å². The van der Waals surface area contributed by atoms with Gasteiger partial charge in [-0.1, -0.05) is 23.7 Å². The second-order valence-electron chi connectivity index (χ2n) is 9.98. The molecule has 1 saturated carbocycles. The van der Waals surface area contributed by atoms with Gasteiger partial charge in [0.1, 0.15) is 0 Å². The maximum Gasteiger partial charge on any atom is 0.411 e. The Hall–Kier alpha value is -3.17. The summed E-state index contributed by atoms with van der Waals surface area (Å²) in [5.74, 6) is 0.393. The first-order valence-corrected chi connectivity index (χ1v) is 12.7. The van der Waals surface area contributed by atoms with Crippen molar-refractivity contribution in [2.24, 2.45) is 4.99 Å². The minimum atomic E-state index is -1.28. The van der Waals surface area contributed by atoms with Crippen molar-refractivity contribution >= 4 is 40.9 Å². The molecular formula is C26H30ClN5O4. The zero-order valence-electron chi connectivity index (χ0n) is 20.3. The van der Waals surface area contributed by atoms with Crippen LogP contribution in [-0.4, -0.2) is 51.7 Å². The van der Waals surface area contributed by atoms with E-state index in [0.717, 1.165) is 11.4 Å². The smallest absolute Gasteiger partial charge is 0.411 e. The number of ether oxygens (including phenoxy) is 1. The Kier molecular flexibility index (Phi) is 6.61. The summed E-state index contributed by atoms with van der Waals surface area (Å²) in [6, 6.07) is 9.34. The van der Waals surface area contributed by atoms with Gasteiger partial charge in [0.15, 0.2) is 0 Å². The molecule has 190 valence electrons. The van der Waals surface area contributed by atoms with Gasteiger partial charge in [-0.15, -0.1) is 0 Å². The zero-order valence-corrected chi connectivity index (χ0v) is 21.1. The summed E-state index contributed by atoms with van der Waals surface area (Å²) in [6.07, 6.45) is 4.15. The van der Waals surface area contributed by atoms with E-state index in [1.165, 1.54) is 17.7 Å². The summed E-state index contributed by atoms with van der Waals surface area (Å²) in [4.78, 5) is 35.9. The van der Waals surface area contributed by atoms with E-state index in [1.54, 1.807) is 13.1 Å². The monoisotopic (exact) mass is 511 g/mol. The van der Waals surface area contributed by atoms with E-state index in [0.29, 0.717) is 41.6 Å². The first-order chi connectivity index (χ1) is 17.2. The molecule has 0 spiro atoms. The third kappa shape index (κ3) is 5.03. The summed E-state index contributed by atoms with van der Waals surface area (Å²) in [7, 11) is 0. The van der Waals surface area contributed by atoms with Gasteiger partial charge in [-0.3, -0.25) is 20.0 Å². The molecule has 10 heteroatoms. The van der Waals surface area contributed by atoms with Crippen molar-refractivity contribution in [3.63, 3.8) is 0 Å². The number of rotatable bonds is 5. The predicted molar refractivity (Wildman–Crippen MR) is 137 cm³/mol. The Bertz CT molecular complexity index is 1200. The third-order valence-electron chi connectivity index (χ3n) is 7.03. The number of hydrogen-bond donors (Lipinski definition) is 3. The number of carbonyl (C=O) groups is 2. The normalized spacial score (nSPS) is 26.4. The molecule has 9 nitrogen and oxygen atoms in total. The van der Waals surface area contributed by atoms with Gasteiger partial charge in [0.05, 0.1) is 40.7 Å². The highest BCUT2D eigenvalue weighted by Crippen LogP contribution is 2.42. The van der Waals surface area contributed by atoms with Crippen LogP contribution in [0.1, 0.15) is 63.1 Å². The van der Waals surface area contributed by atoms with Crippen molar-refractivity contribution in [3.05, 3.63) is 52.8 Å². The SMILES string of the molecule is CC1CC(N2C(=O)C[C@@](C)(c3cccc(Nc4ccc(C5CC5)nc4)c3Cl)N=C2NC(=O)O)CCO1. The van der Waals surface area contributed by atoms with Crippen molar-refractivity contribution < 1.29 is 19.4 Å². The molecule has 2 aliphatic heterocycles. The largest absolute Gasteiger partial charge is 0.465 e. The fourth-order valence-electron chi connectivity index (χ4n) is 5.05. The van der Waals surface area contributed by atoms with Gasteiger partial charge < -0.3 is 15.2 Å². The van der Waals surface area contributed by atoms with Gasteiger partial charge >= 0.3 is 6.09 Å². The number of anilines is 2. The molecule has 2 amide bonds. The van der Waals surface area contributed by atoms with Crippen LogP contribution < -0.4 is 10.6 Å². The standard InChI is InChI=1S/C26H30ClN5O4/c1-15-12-18(10-11-36-15)32-22(33)13-26(2,31-24(32)30-25(34)35)19-4-3-5-21(23(19)27)29-17-8-9-20(28-14-17)16-6-7-16/h3-5,8-9,14-16,18,29H,6-7,10-13H2,1-2H3,(H,30,31)(H,34,35)/t15?,18?,26-/m0/s1. The van der Waals surface area contributed by atoms with Crippen LogP contribution >= 0.6 is 11.6 Å². The molecule has 1 saturated heterocycles. The average Bonchev–Trinajstić information content (AvgIpc) is 3.66. The number of carbonyl (C=O) groups excluding carboxylic acids is 1. The number of benzene rings is 1. The highest BCUT2D eigenvalue weighted by atomic mass is 35.5. The summed E-state index contributed by atoms with van der Waals surface area (Å²) >= 11 is 6.85. The van der Waals surface area contributed by atoms with Gasteiger partial charge in [-0.05, 0) is 57.7 Å². The molecule has 1 aliphatic carbocycles. The van der Waals surface area contributed by atoms with E-state index in [2.05, 4.69) is 15.6 Å². The van der Waals surface area contributed by atoms with E-state index >= 15 is 0 Å². The average molecular weight is 512 g/mol. The zero-order chi connectivity index (χ0) is 25.4. The second kappa shape index (κ2) is 9.71. The van der Waals surface area contributed by atoms with Crippen LogP contribution in [0.15, 0.2) is 41.5 Å². The summed E-state index contributed by atoms with van der Waals surface area (Å²) < 4.78 is 5.62. The topological polar surface area (TPSA) is 116 Å². The van der Waals surface area contributed by atoms with Crippen LogP contribution in [0, 0.1) is 0 Å². The lowest BCUT2D eigenvalue weighted by Crippen LogP contribution is -2.58. The first-order valence-electron chi connectivity index (χ1n) is 12.3. The first kappa shape index (κ1) is 24.5. The van der Waals surface area contributed by atoms with Crippen molar-refractivity contribution in [2.75, 3.05) is 11.9 Å². The molecule has 2 aromatic rings. The Morgan fingerprint density at radius 2 is 2.06 bits per heavy atom. The fraction of sp³-hybridized carbons (Fsp3) is 0.462. The number of carboxylic acid groups (broad SMARTS) is 1. The number of aromatic nitrogens is 1. The fourth-order valence-corrected chi connectivity index (χ4v) is 5.43. The van der Waals surface area contributed by atoms with E-state index in [4.69, 9.17) is 21.3 Å². The van der Waals surface area contributed by atoms with E-state index < -0.39 is 11.6 Å². The van der Waals surface area contributed by atoms with Gasteiger partial charge in [-0.2, -0.15) is 0 Å². The van der Waals surface area contributed by atoms with E-state index in [9.17, 15) is 14.7 Å².